The highest BCUT2D eigenvalue weighted by Gasteiger charge is 2.43. The molecule has 0 atom stereocenters. The fourth-order valence-electron chi connectivity index (χ4n) is 0.954. The molecule has 0 aliphatic heterocycles. The summed E-state index contributed by atoms with van der Waals surface area (Å²) in [7, 11) is 0. The van der Waals surface area contributed by atoms with Crippen molar-refractivity contribution in [3.05, 3.63) is 41.5 Å². The fraction of sp³-hybridized carbons (Fsp3) is 0.111. The molecule has 0 saturated heterocycles. The normalized spacial score (nSPS) is 11.6. The van der Waals surface area contributed by atoms with E-state index in [4.69, 9.17) is 5.11 Å². The molecule has 0 aliphatic rings. The van der Waals surface area contributed by atoms with Crippen LogP contribution < -0.4 is 0 Å². The first kappa shape index (κ1) is 12.4. The van der Waals surface area contributed by atoms with Crippen LogP contribution in [0.4, 0.5) is 26.3 Å². The van der Waals surface area contributed by atoms with Gasteiger partial charge in [-0.2, -0.15) is 13.2 Å². The van der Waals surface area contributed by atoms with Crippen LogP contribution >= 0.6 is 0 Å². The van der Waals surface area contributed by atoms with Crippen LogP contribution in [0.5, 0.6) is 5.75 Å². The minimum atomic E-state index is -4.67. The monoisotopic (exact) mass is 241 g/mol. The van der Waals surface area contributed by atoms with Crippen LogP contribution in [0.3, 0.4) is 0 Å². The van der Waals surface area contributed by atoms with Crippen molar-refractivity contribution < 1.29 is 31.4 Å². The van der Waals surface area contributed by atoms with Gasteiger partial charge in [-0.25, -0.2) is 13.2 Å². The summed E-state index contributed by atoms with van der Waals surface area (Å²) < 4.78 is 76.1. The molecule has 1 aromatic carbocycles. The second-order valence-electron chi connectivity index (χ2n) is 2.77. The van der Waals surface area contributed by atoms with Gasteiger partial charge >= 0.3 is 5.92 Å². The van der Waals surface area contributed by atoms with Crippen molar-refractivity contribution in [2.75, 3.05) is 0 Å². The standard InChI is InChI=1S/C9H3F6O/c1-3(10)9(14,15)6-4(11)2-5(12)7(13)8(6)16/h16H,1H2. The Morgan fingerprint density at radius 2 is 1.69 bits per heavy atom. The lowest BCUT2D eigenvalue weighted by atomic mass is 10.1. The number of phenols is 1. The molecule has 0 aliphatic carbocycles. The predicted octanol–water partition coefficient (Wildman–Crippen LogP) is 3.18. The molecule has 0 bridgehead atoms. The lowest BCUT2D eigenvalue weighted by Gasteiger charge is -2.16. The molecule has 1 aromatic rings. The van der Waals surface area contributed by atoms with Crippen LogP contribution in [-0.4, -0.2) is 5.11 Å². The first-order valence-electron chi connectivity index (χ1n) is 3.71. The number of allylic oxidation sites excluding steroid dienone is 1. The minimum absolute atomic E-state index is 0.953. The second kappa shape index (κ2) is 3.73. The van der Waals surface area contributed by atoms with E-state index in [1.165, 1.54) is 0 Å². The van der Waals surface area contributed by atoms with Gasteiger partial charge in [0.15, 0.2) is 17.4 Å². The Labute approximate surface area is 85.6 Å². The summed E-state index contributed by atoms with van der Waals surface area (Å²) in [6.45, 7) is 2.21. The van der Waals surface area contributed by atoms with E-state index in [-0.39, 0.29) is 0 Å². The van der Waals surface area contributed by atoms with Crippen molar-refractivity contribution >= 4 is 0 Å². The Morgan fingerprint density at radius 3 is 2.12 bits per heavy atom. The molecule has 0 unspecified atom stereocenters. The Morgan fingerprint density at radius 1 is 1.19 bits per heavy atom. The van der Waals surface area contributed by atoms with Gasteiger partial charge in [0.2, 0.25) is 5.82 Å². The SMILES string of the molecule is C=C(F)C(F)(F)c1c(F)[c]c(F)c(F)c1O. The van der Waals surface area contributed by atoms with E-state index >= 15 is 0 Å². The largest absolute Gasteiger partial charge is 0.504 e. The van der Waals surface area contributed by atoms with Crippen molar-refractivity contribution in [2.45, 2.75) is 5.92 Å². The van der Waals surface area contributed by atoms with Crippen molar-refractivity contribution in [1.29, 1.82) is 0 Å². The number of rotatable bonds is 2. The maximum atomic E-state index is 12.9. The lowest BCUT2D eigenvalue weighted by Crippen LogP contribution is -2.17. The molecule has 87 valence electrons. The summed E-state index contributed by atoms with van der Waals surface area (Å²) in [6.07, 6.45) is 0. The van der Waals surface area contributed by atoms with Gasteiger partial charge in [0.25, 0.3) is 0 Å². The number of alkyl halides is 2. The molecule has 0 amide bonds. The Hall–Kier alpha value is -1.66. The molecule has 0 aromatic heterocycles. The molecule has 1 nitrogen and oxygen atoms in total. The third-order valence-electron chi connectivity index (χ3n) is 1.73. The first-order chi connectivity index (χ1) is 7.19. The Kier molecular flexibility index (Phi) is 2.89. The third kappa shape index (κ3) is 1.72. The van der Waals surface area contributed by atoms with E-state index < -0.39 is 40.5 Å². The number of phenolic OH excluding ortho intramolecular Hbond substituents is 1. The lowest BCUT2D eigenvalue weighted by molar-refractivity contribution is 0.00788. The zero-order chi connectivity index (χ0) is 12.7. The highest BCUT2D eigenvalue weighted by Crippen LogP contribution is 2.43. The molecule has 0 heterocycles. The highest BCUT2D eigenvalue weighted by atomic mass is 19.3. The van der Waals surface area contributed by atoms with Gasteiger partial charge in [-0.05, 0) is 0 Å². The highest BCUT2D eigenvalue weighted by molar-refractivity contribution is 5.41. The molecule has 1 N–H and O–H groups in total. The zero-order valence-corrected chi connectivity index (χ0v) is 7.42. The Balaban J connectivity index is 3.58. The fourth-order valence-corrected chi connectivity index (χ4v) is 0.954. The van der Waals surface area contributed by atoms with E-state index in [2.05, 4.69) is 6.58 Å². The van der Waals surface area contributed by atoms with Crippen LogP contribution in [0.2, 0.25) is 0 Å². The smallest absolute Gasteiger partial charge is 0.329 e. The maximum Gasteiger partial charge on any atom is 0.329 e. The van der Waals surface area contributed by atoms with Crippen LogP contribution in [0, 0.1) is 23.5 Å². The van der Waals surface area contributed by atoms with Gasteiger partial charge in [-0.1, -0.05) is 6.58 Å². The Bertz CT molecular complexity index is 454. The summed E-state index contributed by atoms with van der Waals surface area (Å²) >= 11 is 0. The average molecular weight is 241 g/mol. The number of hydrogen-bond acceptors (Lipinski definition) is 1. The molecule has 0 saturated carbocycles. The first-order valence-corrected chi connectivity index (χ1v) is 3.71. The van der Waals surface area contributed by atoms with Gasteiger partial charge < -0.3 is 5.11 Å². The number of benzene rings is 1. The average Bonchev–Trinajstić information content (AvgIpc) is 2.13. The molecule has 7 heteroatoms. The van der Waals surface area contributed by atoms with E-state index in [0.29, 0.717) is 0 Å². The van der Waals surface area contributed by atoms with Crippen LogP contribution in [0.25, 0.3) is 0 Å². The van der Waals surface area contributed by atoms with Crippen molar-refractivity contribution in [3.63, 3.8) is 0 Å². The van der Waals surface area contributed by atoms with Gasteiger partial charge in [0.05, 0.1) is 6.07 Å². The number of halogens is 6. The maximum absolute atomic E-state index is 12.9. The van der Waals surface area contributed by atoms with Crippen LogP contribution in [0.15, 0.2) is 12.4 Å². The van der Waals surface area contributed by atoms with Crippen molar-refractivity contribution in [1.82, 2.24) is 0 Å². The topological polar surface area (TPSA) is 20.2 Å². The summed E-state index contributed by atoms with van der Waals surface area (Å²) in [5.74, 6) is -15.2. The zero-order valence-electron chi connectivity index (χ0n) is 7.42. The van der Waals surface area contributed by atoms with E-state index in [9.17, 15) is 26.3 Å². The summed E-state index contributed by atoms with van der Waals surface area (Å²) in [6, 6.07) is 0.953. The van der Waals surface area contributed by atoms with Gasteiger partial charge in [0, 0.05) is 0 Å². The molecular formula is C9H3F6O. The molecular weight excluding hydrogens is 238 g/mol. The molecule has 1 radical (unpaired) electrons. The van der Waals surface area contributed by atoms with Crippen molar-refractivity contribution in [2.24, 2.45) is 0 Å². The second-order valence-corrected chi connectivity index (χ2v) is 2.77. The summed E-state index contributed by atoms with van der Waals surface area (Å²) in [5.41, 5.74) is -2.04. The van der Waals surface area contributed by atoms with Gasteiger partial charge in [0.1, 0.15) is 11.4 Å². The van der Waals surface area contributed by atoms with E-state index in [1.54, 1.807) is 0 Å². The number of hydrogen-bond donors (Lipinski definition) is 1. The molecule has 1 rings (SSSR count). The van der Waals surface area contributed by atoms with E-state index in [0.717, 1.165) is 6.07 Å². The quantitative estimate of drug-likeness (QED) is 0.622. The predicted molar refractivity (Wildman–Crippen MR) is 41.0 cm³/mol. The van der Waals surface area contributed by atoms with Gasteiger partial charge in [-0.3, -0.25) is 0 Å². The molecule has 16 heavy (non-hydrogen) atoms. The van der Waals surface area contributed by atoms with Gasteiger partial charge in [-0.15, -0.1) is 0 Å². The summed E-state index contributed by atoms with van der Waals surface area (Å²) in [5, 5.41) is 8.78. The van der Waals surface area contributed by atoms with E-state index in [1.807, 2.05) is 0 Å². The number of aromatic hydroxyl groups is 1. The van der Waals surface area contributed by atoms with Crippen LogP contribution in [-0.2, 0) is 5.92 Å². The summed E-state index contributed by atoms with van der Waals surface area (Å²) in [4.78, 5) is 0. The van der Waals surface area contributed by atoms with Crippen molar-refractivity contribution in [3.8, 4) is 5.75 Å². The molecule has 0 fully saturated rings. The molecule has 0 spiro atoms. The third-order valence-corrected chi connectivity index (χ3v) is 1.73. The minimum Gasteiger partial charge on any atom is -0.504 e. The van der Waals surface area contributed by atoms with Crippen LogP contribution in [0.1, 0.15) is 5.56 Å².